The van der Waals surface area contributed by atoms with Gasteiger partial charge in [0.05, 0.1) is 11.4 Å². The van der Waals surface area contributed by atoms with E-state index in [0.717, 1.165) is 29.9 Å². The molecule has 12 rings (SSSR count). The van der Waals surface area contributed by atoms with Crippen molar-refractivity contribution in [2.24, 2.45) is 0 Å². The molecule has 3 nitrogen and oxygen atoms in total. The second-order valence-electron chi connectivity index (χ2n) is 25.3. The number of fused-ring (bicyclic) bond motifs is 8. The molecule has 358 valence electrons. The molecule has 2 aliphatic heterocycles. The number of nitrogens with zero attached hydrogens (tertiary/aromatic N) is 3. The minimum absolute atomic E-state index is 0.0134. The number of thiophene rings is 1. The summed E-state index contributed by atoms with van der Waals surface area (Å²) in [6.07, 6.45) is 4.68. The van der Waals surface area contributed by atoms with Gasteiger partial charge in [-0.2, -0.15) is 0 Å². The fourth-order valence-corrected chi connectivity index (χ4v) is 14.3. The Morgan fingerprint density at radius 1 is 0.507 bits per heavy atom. The van der Waals surface area contributed by atoms with Crippen LogP contribution in [0.2, 0.25) is 0 Å². The third-order valence-electron chi connectivity index (χ3n) is 17.5. The highest BCUT2D eigenvalue weighted by molar-refractivity contribution is 7.33. The summed E-state index contributed by atoms with van der Waals surface area (Å²) in [6.45, 7) is 31.5. The summed E-state index contributed by atoms with van der Waals surface area (Å²) in [4.78, 5) is 7.89. The normalized spacial score (nSPS) is 17.8. The molecule has 0 spiro atoms. The van der Waals surface area contributed by atoms with Crippen molar-refractivity contribution in [2.75, 3.05) is 14.7 Å². The van der Waals surface area contributed by atoms with Gasteiger partial charge in [0, 0.05) is 54.7 Å². The van der Waals surface area contributed by atoms with Crippen LogP contribution in [0.3, 0.4) is 0 Å². The Bertz CT molecular complexity index is 3400. The van der Waals surface area contributed by atoms with Crippen LogP contribution in [0.4, 0.5) is 51.2 Å². The second kappa shape index (κ2) is 15.7. The first-order chi connectivity index (χ1) is 33.6. The van der Waals surface area contributed by atoms with Crippen molar-refractivity contribution in [2.45, 2.75) is 143 Å². The van der Waals surface area contributed by atoms with Crippen LogP contribution < -0.4 is 30.4 Å². The van der Waals surface area contributed by atoms with E-state index in [1.807, 2.05) is 11.3 Å². The predicted octanol–water partition coefficient (Wildman–Crippen LogP) is 17.1. The van der Waals surface area contributed by atoms with Crippen LogP contribution >= 0.6 is 11.3 Å². The lowest BCUT2D eigenvalue weighted by molar-refractivity contribution is 0.331. The van der Waals surface area contributed by atoms with E-state index >= 15 is 0 Å². The highest BCUT2D eigenvalue weighted by Crippen LogP contribution is 2.55. The topological polar surface area (TPSA) is 9.72 Å². The molecule has 5 heteroatoms. The van der Waals surface area contributed by atoms with Crippen molar-refractivity contribution in [3.05, 3.63) is 178 Å². The number of benzene rings is 7. The van der Waals surface area contributed by atoms with Crippen molar-refractivity contribution < 1.29 is 0 Å². The molecule has 0 unspecified atom stereocenters. The first-order valence-corrected chi connectivity index (χ1v) is 27.1. The van der Waals surface area contributed by atoms with Gasteiger partial charge in [-0.3, -0.25) is 0 Å². The van der Waals surface area contributed by atoms with Crippen molar-refractivity contribution in [1.29, 1.82) is 0 Å². The molecule has 0 atom stereocenters. The number of anilines is 9. The Hall–Kier alpha value is -6.04. The molecule has 7 aromatic carbocycles. The quantitative estimate of drug-likeness (QED) is 0.159. The lowest BCUT2D eigenvalue weighted by Crippen LogP contribution is -2.61. The van der Waals surface area contributed by atoms with Crippen LogP contribution in [0.15, 0.2) is 140 Å². The van der Waals surface area contributed by atoms with Gasteiger partial charge in [0.2, 0.25) is 0 Å². The summed E-state index contributed by atoms with van der Waals surface area (Å²) in [5.74, 6) is 0. The fourth-order valence-electron chi connectivity index (χ4n) is 13.0. The van der Waals surface area contributed by atoms with Crippen LogP contribution in [0.5, 0.6) is 0 Å². The van der Waals surface area contributed by atoms with Crippen molar-refractivity contribution in [3.63, 3.8) is 0 Å². The molecular formula is C66H70BN3S. The predicted molar refractivity (Wildman–Crippen MR) is 309 cm³/mol. The van der Waals surface area contributed by atoms with E-state index < -0.39 is 0 Å². The first-order valence-electron chi connectivity index (χ1n) is 26.3. The third-order valence-corrected chi connectivity index (χ3v) is 18.7. The van der Waals surface area contributed by atoms with Gasteiger partial charge in [-0.15, -0.1) is 11.3 Å². The molecular weight excluding hydrogens is 878 g/mol. The number of hydrogen-bond donors (Lipinski definition) is 0. The van der Waals surface area contributed by atoms with Gasteiger partial charge < -0.3 is 14.7 Å². The maximum absolute atomic E-state index is 2.75. The molecule has 0 radical (unpaired) electrons. The van der Waals surface area contributed by atoms with Gasteiger partial charge in [-0.25, -0.2) is 0 Å². The van der Waals surface area contributed by atoms with Crippen molar-refractivity contribution in [1.82, 2.24) is 0 Å². The summed E-state index contributed by atoms with van der Waals surface area (Å²) in [7, 11) is 0. The highest BCUT2D eigenvalue weighted by Gasteiger charge is 2.49. The molecule has 0 amide bonds. The summed E-state index contributed by atoms with van der Waals surface area (Å²) in [6, 6.07) is 54.3. The molecule has 2 aliphatic carbocycles. The van der Waals surface area contributed by atoms with E-state index in [4.69, 9.17) is 0 Å². The zero-order valence-corrected chi connectivity index (χ0v) is 45.3. The standard InChI is InChI=1S/C66H70BN3S/c1-41-24-29-58-48(34-41)60-61(71-58)67-53-38-50-52(66(12,13)33-31-64(50,8)9)40-55(53)70(54-39-51-49(35-42(54)2)63(6,7)30-32-65(51,10)11)57-37-47(68(44-20-16-14-17-21-44)45-22-18-15-19-23-45)36-56(59(57)67)69(60)46-27-25-43(26-28-46)62(3,4)5/h14-29,34-40H,30-33H2,1-13H3. The summed E-state index contributed by atoms with van der Waals surface area (Å²) in [5.41, 5.74) is 23.9. The molecule has 0 saturated heterocycles. The van der Waals surface area contributed by atoms with Crippen LogP contribution in [0.25, 0.3) is 10.1 Å². The Kier molecular flexibility index (Phi) is 10.2. The third kappa shape index (κ3) is 7.18. The maximum Gasteiger partial charge on any atom is 0.264 e. The van der Waals surface area contributed by atoms with Crippen molar-refractivity contribution >= 4 is 95.0 Å². The molecule has 4 aliphatic rings. The first kappa shape index (κ1) is 46.1. The Balaban J connectivity index is 1.26. The summed E-state index contributed by atoms with van der Waals surface area (Å²) in [5, 5.41) is 1.32. The second-order valence-corrected chi connectivity index (χ2v) is 26.4. The van der Waals surface area contributed by atoms with E-state index in [0.29, 0.717) is 0 Å². The van der Waals surface area contributed by atoms with Crippen LogP contribution in [-0.4, -0.2) is 6.71 Å². The lowest BCUT2D eigenvalue weighted by Gasteiger charge is -2.48. The summed E-state index contributed by atoms with van der Waals surface area (Å²) < 4.78 is 2.76. The minimum Gasteiger partial charge on any atom is -0.311 e. The molecule has 71 heavy (non-hydrogen) atoms. The largest absolute Gasteiger partial charge is 0.311 e. The summed E-state index contributed by atoms with van der Waals surface area (Å²) >= 11 is 2.01. The van der Waals surface area contributed by atoms with Crippen LogP contribution in [0, 0.1) is 13.8 Å². The van der Waals surface area contributed by atoms with E-state index in [1.54, 1.807) is 0 Å². The zero-order chi connectivity index (χ0) is 49.7. The van der Waals surface area contributed by atoms with Gasteiger partial charge in [0.15, 0.2) is 0 Å². The minimum atomic E-state index is 0.0134. The Morgan fingerprint density at radius 3 is 1.56 bits per heavy atom. The number of para-hydroxylation sites is 2. The molecule has 0 fully saturated rings. The smallest absolute Gasteiger partial charge is 0.264 e. The molecule has 0 bridgehead atoms. The number of aryl methyl sites for hydroxylation is 2. The molecule has 0 saturated carbocycles. The lowest BCUT2D eigenvalue weighted by atomic mass is 9.35. The van der Waals surface area contributed by atoms with E-state index in [9.17, 15) is 0 Å². The average molecular weight is 948 g/mol. The van der Waals surface area contributed by atoms with Gasteiger partial charge in [-0.1, -0.05) is 148 Å². The highest BCUT2D eigenvalue weighted by atomic mass is 32.1. The van der Waals surface area contributed by atoms with Gasteiger partial charge in [0.25, 0.3) is 6.71 Å². The molecule has 8 aromatic rings. The number of hydrogen-bond acceptors (Lipinski definition) is 4. The zero-order valence-electron chi connectivity index (χ0n) is 44.4. The fraction of sp³-hybridized carbons (Fsp3) is 0.333. The molecule has 3 heterocycles. The van der Waals surface area contributed by atoms with E-state index in [2.05, 4.69) is 244 Å². The molecule has 0 N–H and O–H groups in total. The average Bonchev–Trinajstić information content (AvgIpc) is 3.70. The number of rotatable bonds is 5. The Morgan fingerprint density at radius 2 is 1.01 bits per heavy atom. The van der Waals surface area contributed by atoms with Gasteiger partial charge in [0.1, 0.15) is 0 Å². The SMILES string of the molecule is Cc1ccc2sc3c(c2c1)N(c1ccc(C(C)(C)C)cc1)c1cc(N(c2ccccc2)c2ccccc2)cc2c1B3c1cc3c(cc1N2c1cc2c(cc1C)C(C)(C)CCC2(C)C)C(C)(C)CCC3(C)C. The van der Waals surface area contributed by atoms with E-state index in [1.165, 1.54) is 112 Å². The monoisotopic (exact) mass is 948 g/mol. The van der Waals surface area contributed by atoms with Gasteiger partial charge in [-0.05, 0) is 184 Å². The van der Waals surface area contributed by atoms with Crippen molar-refractivity contribution in [3.8, 4) is 0 Å². The maximum atomic E-state index is 2.75. The van der Waals surface area contributed by atoms with Gasteiger partial charge >= 0.3 is 0 Å². The Labute approximate surface area is 428 Å². The van der Waals surface area contributed by atoms with E-state index in [-0.39, 0.29) is 33.8 Å². The van der Waals surface area contributed by atoms with Crippen LogP contribution in [-0.2, 0) is 27.1 Å². The molecule has 1 aromatic heterocycles. The van der Waals surface area contributed by atoms with Crippen LogP contribution in [0.1, 0.15) is 141 Å².